The van der Waals surface area contributed by atoms with Crippen LogP contribution in [-0.4, -0.2) is 21.7 Å². The second-order valence-electron chi connectivity index (χ2n) is 8.19. The molecule has 1 aliphatic heterocycles. The average Bonchev–Trinajstić information content (AvgIpc) is 3.08. The number of nitrogens with one attached hydrogen (secondary N) is 2. The quantitative estimate of drug-likeness (QED) is 0.862. The summed E-state index contributed by atoms with van der Waals surface area (Å²) in [6.07, 6.45) is 4.91. The van der Waals surface area contributed by atoms with E-state index >= 15 is 0 Å². The third-order valence-electron chi connectivity index (χ3n) is 6.72. The van der Waals surface area contributed by atoms with Crippen LogP contribution in [0.1, 0.15) is 67.6 Å². The van der Waals surface area contributed by atoms with Gasteiger partial charge >= 0.3 is 0 Å². The van der Waals surface area contributed by atoms with Crippen LogP contribution in [0.4, 0.5) is 5.69 Å². The molecular weight excluding hydrogens is 336 g/mol. The topological polar surface area (TPSA) is 59.0 Å². The molecule has 27 heavy (non-hydrogen) atoms. The lowest BCUT2D eigenvalue weighted by atomic mass is 9.69. The number of fused-ring (bicyclic) bond motifs is 2. The molecule has 0 saturated heterocycles. The van der Waals surface area contributed by atoms with E-state index in [4.69, 9.17) is 0 Å². The number of aryl methyl sites for hydroxylation is 2. The zero-order valence-electron chi connectivity index (χ0n) is 16.8. The third-order valence-corrected chi connectivity index (χ3v) is 6.72. The van der Waals surface area contributed by atoms with E-state index in [0.29, 0.717) is 12.1 Å². The first-order valence-corrected chi connectivity index (χ1v) is 10.1. The van der Waals surface area contributed by atoms with E-state index < -0.39 is 0 Å². The van der Waals surface area contributed by atoms with Crippen molar-refractivity contribution in [2.24, 2.45) is 7.05 Å². The zero-order valence-corrected chi connectivity index (χ0v) is 16.8. The van der Waals surface area contributed by atoms with Crippen molar-refractivity contribution in [1.82, 2.24) is 15.1 Å². The van der Waals surface area contributed by atoms with Crippen molar-refractivity contribution in [3.05, 3.63) is 46.8 Å². The van der Waals surface area contributed by atoms with Crippen molar-refractivity contribution < 1.29 is 4.79 Å². The molecule has 2 N–H and O–H groups in total. The van der Waals surface area contributed by atoms with Crippen LogP contribution in [0.5, 0.6) is 0 Å². The molecule has 0 bridgehead atoms. The summed E-state index contributed by atoms with van der Waals surface area (Å²) in [6, 6.07) is 8.95. The predicted molar refractivity (Wildman–Crippen MR) is 108 cm³/mol. The molecule has 1 spiro atoms. The molecule has 2 heterocycles. The Hall–Kier alpha value is -2.14. The highest BCUT2D eigenvalue weighted by molar-refractivity contribution is 6.06. The van der Waals surface area contributed by atoms with E-state index in [1.807, 2.05) is 29.9 Å². The number of carbonyl (C=O) groups is 1. The number of benzene rings is 1. The number of amides is 1. The predicted octanol–water partition coefficient (Wildman–Crippen LogP) is 3.91. The third kappa shape index (κ3) is 2.89. The minimum atomic E-state index is -0.323. The lowest BCUT2D eigenvalue weighted by molar-refractivity contribution is -0.122. The van der Waals surface area contributed by atoms with Gasteiger partial charge in [0.05, 0.1) is 11.1 Å². The first kappa shape index (κ1) is 18.2. The van der Waals surface area contributed by atoms with Crippen LogP contribution < -0.4 is 10.6 Å². The largest absolute Gasteiger partial charge is 0.325 e. The molecule has 0 radical (unpaired) electrons. The van der Waals surface area contributed by atoms with Gasteiger partial charge in [0.2, 0.25) is 5.91 Å². The van der Waals surface area contributed by atoms with Crippen molar-refractivity contribution in [1.29, 1.82) is 0 Å². The molecule has 4 rings (SSSR count). The smallest absolute Gasteiger partial charge is 0.235 e. The highest BCUT2D eigenvalue weighted by atomic mass is 16.2. The Kier molecular flexibility index (Phi) is 4.58. The van der Waals surface area contributed by atoms with Crippen LogP contribution >= 0.6 is 0 Å². The fourth-order valence-electron chi connectivity index (χ4n) is 5.13. The molecule has 1 amide bonds. The summed E-state index contributed by atoms with van der Waals surface area (Å²) in [5.41, 5.74) is 5.57. The monoisotopic (exact) mass is 366 g/mol. The van der Waals surface area contributed by atoms with Gasteiger partial charge in [0.1, 0.15) is 0 Å². The number of nitrogens with zero attached hydrogens (tertiary/aromatic N) is 2. The summed E-state index contributed by atoms with van der Waals surface area (Å²) in [5, 5.41) is 11.6. The van der Waals surface area contributed by atoms with Crippen LogP contribution in [0.15, 0.2) is 24.3 Å². The van der Waals surface area contributed by atoms with Gasteiger partial charge in [-0.1, -0.05) is 25.1 Å². The van der Waals surface area contributed by atoms with Crippen molar-refractivity contribution in [2.45, 2.75) is 70.4 Å². The van der Waals surface area contributed by atoms with Crippen molar-refractivity contribution in [3.8, 4) is 0 Å². The van der Waals surface area contributed by atoms with Crippen LogP contribution in [-0.2, 0) is 17.3 Å². The summed E-state index contributed by atoms with van der Waals surface area (Å²) in [5.74, 6) is 0.188. The molecule has 2 aromatic rings. The molecule has 1 aromatic carbocycles. The lowest BCUT2D eigenvalue weighted by Crippen LogP contribution is -2.44. The van der Waals surface area contributed by atoms with Gasteiger partial charge in [-0.15, -0.1) is 0 Å². The maximum absolute atomic E-state index is 12.8. The van der Waals surface area contributed by atoms with E-state index in [0.717, 1.165) is 43.5 Å². The van der Waals surface area contributed by atoms with Gasteiger partial charge < -0.3 is 10.6 Å². The summed E-state index contributed by atoms with van der Waals surface area (Å²) in [7, 11) is 2.01. The van der Waals surface area contributed by atoms with Gasteiger partial charge in [-0.25, -0.2) is 0 Å². The van der Waals surface area contributed by atoms with Crippen molar-refractivity contribution >= 4 is 11.6 Å². The fraction of sp³-hybridized carbons (Fsp3) is 0.545. The number of anilines is 1. The van der Waals surface area contributed by atoms with E-state index in [-0.39, 0.29) is 11.3 Å². The molecule has 1 saturated carbocycles. The summed E-state index contributed by atoms with van der Waals surface area (Å²) < 4.78 is 1.98. The second kappa shape index (κ2) is 6.79. The van der Waals surface area contributed by atoms with E-state index in [2.05, 4.69) is 42.6 Å². The molecule has 144 valence electrons. The van der Waals surface area contributed by atoms with Gasteiger partial charge in [-0.3, -0.25) is 9.48 Å². The van der Waals surface area contributed by atoms with Gasteiger partial charge in [0, 0.05) is 36.1 Å². The number of hydrogen-bond acceptors (Lipinski definition) is 3. The first-order valence-electron chi connectivity index (χ1n) is 10.1. The number of rotatable bonds is 4. The number of aromatic nitrogens is 2. The molecule has 1 aromatic heterocycles. The van der Waals surface area contributed by atoms with E-state index in [1.165, 1.54) is 16.8 Å². The summed E-state index contributed by atoms with van der Waals surface area (Å²) in [6.45, 7) is 6.48. The number of carbonyl (C=O) groups excluding carboxylic acids is 1. The Bertz CT molecular complexity index is 861. The van der Waals surface area contributed by atoms with Crippen molar-refractivity contribution in [3.63, 3.8) is 0 Å². The summed E-state index contributed by atoms with van der Waals surface area (Å²) in [4.78, 5) is 12.8. The lowest BCUT2D eigenvalue weighted by Gasteiger charge is -2.37. The molecule has 1 unspecified atom stereocenters. The van der Waals surface area contributed by atoms with Gasteiger partial charge in [0.25, 0.3) is 0 Å². The number of hydrogen-bond donors (Lipinski definition) is 2. The summed E-state index contributed by atoms with van der Waals surface area (Å²) >= 11 is 0. The molecular formula is C22H30N4O. The molecule has 1 atom stereocenters. The van der Waals surface area contributed by atoms with Crippen LogP contribution in [0.2, 0.25) is 0 Å². The molecule has 1 fully saturated rings. The standard InChI is InChI=1S/C22H30N4O/c1-5-18(20-14(2)25-26(4)15(20)3)23-16-10-12-22(13-11-16)17-8-6-7-9-19(17)24-21(22)27/h6-9,16,18,23H,5,10-13H2,1-4H3,(H,24,27). The van der Waals surface area contributed by atoms with Crippen LogP contribution in [0.3, 0.4) is 0 Å². The Morgan fingerprint density at radius 1 is 1.30 bits per heavy atom. The second-order valence-corrected chi connectivity index (χ2v) is 8.19. The van der Waals surface area contributed by atoms with Crippen LogP contribution in [0, 0.1) is 13.8 Å². The van der Waals surface area contributed by atoms with Gasteiger partial charge in [-0.05, 0) is 57.6 Å². The fourth-order valence-corrected chi connectivity index (χ4v) is 5.13. The molecule has 5 nitrogen and oxygen atoms in total. The zero-order chi connectivity index (χ0) is 19.2. The van der Waals surface area contributed by atoms with Crippen LogP contribution in [0.25, 0.3) is 0 Å². The number of para-hydroxylation sites is 1. The van der Waals surface area contributed by atoms with E-state index in [1.54, 1.807) is 0 Å². The highest BCUT2D eigenvalue weighted by Crippen LogP contribution is 2.47. The molecule has 5 heteroatoms. The minimum Gasteiger partial charge on any atom is -0.325 e. The minimum absolute atomic E-state index is 0.188. The highest BCUT2D eigenvalue weighted by Gasteiger charge is 2.48. The SMILES string of the molecule is CCC(NC1CCC2(CC1)C(=O)Nc1ccccc12)c1c(C)nn(C)c1C. The van der Waals surface area contributed by atoms with Gasteiger partial charge in [-0.2, -0.15) is 5.10 Å². The molecule has 1 aliphatic carbocycles. The first-order chi connectivity index (χ1) is 13.0. The maximum Gasteiger partial charge on any atom is 0.235 e. The molecule has 2 aliphatic rings. The normalized spacial score (nSPS) is 25.5. The Labute approximate surface area is 161 Å². The Morgan fingerprint density at radius 3 is 2.63 bits per heavy atom. The average molecular weight is 367 g/mol. The Morgan fingerprint density at radius 2 is 2.00 bits per heavy atom. The van der Waals surface area contributed by atoms with E-state index in [9.17, 15) is 4.79 Å². The maximum atomic E-state index is 12.8. The Balaban J connectivity index is 1.49. The van der Waals surface area contributed by atoms with Gasteiger partial charge in [0.15, 0.2) is 0 Å². The van der Waals surface area contributed by atoms with Crippen molar-refractivity contribution in [2.75, 3.05) is 5.32 Å².